The zero-order chi connectivity index (χ0) is 13.3. The third-order valence-electron chi connectivity index (χ3n) is 3.41. The summed E-state index contributed by atoms with van der Waals surface area (Å²) in [6.45, 7) is 4.38. The van der Waals surface area contributed by atoms with Crippen LogP contribution in [0.15, 0.2) is 12.3 Å². The summed E-state index contributed by atoms with van der Waals surface area (Å²) in [7, 11) is 0. The van der Waals surface area contributed by atoms with Gasteiger partial charge in [-0.25, -0.2) is 14.2 Å². The van der Waals surface area contributed by atoms with Crippen molar-refractivity contribution < 1.29 is 19.0 Å². The van der Waals surface area contributed by atoms with Crippen molar-refractivity contribution in [2.45, 2.75) is 31.9 Å². The number of rotatable bonds is 3. The van der Waals surface area contributed by atoms with Crippen molar-refractivity contribution in [1.82, 2.24) is 4.98 Å². The van der Waals surface area contributed by atoms with Crippen LogP contribution in [0.2, 0.25) is 0 Å². The SMILES string of the molecule is CC1OCCC1(C)Nc1nccc(C(=O)O)c1F. The summed E-state index contributed by atoms with van der Waals surface area (Å²) < 4.78 is 19.4. The Bertz CT molecular complexity index is 480. The first-order chi connectivity index (χ1) is 8.44. The highest BCUT2D eigenvalue weighted by Crippen LogP contribution is 2.30. The van der Waals surface area contributed by atoms with Gasteiger partial charge in [-0.3, -0.25) is 0 Å². The summed E-state index contributed by atoms with van der Waals surface area (Å²) in [5.74, 6) is -2.20. The average Bonchev–Trinajstić information content (AvgIpc) is 2.62. The number of anilines is 1. The van der Waals surface area contributed by atoms with E-state index in [-0.39, 0.29) is 17.5 Å². The van der Waals surface area contributed by atoms with E-state index in [2.05, 4.69) is 10.3 Å². The number of halogens is 1. The second-order valence-electron chi connectivity index (χ2n) is 4.63. The van der Waals surface area contributed by atoms with Crippen LogP contribution >= 0.6 is 0 Å². The summed E-state index contributed by atoms with van der Waals surface area (Å²) in [5.41, 5.74) is -0.826. The van der Waals surface area contributed by atoms with Crippen LogP contribution in [0.5, 0.6) is 0 Å². The molecule has 0 aliphatic carbocycles. The molecule has 2 unspecified atom stereocenters. The van der Waals surface area contributed by atoms with E-state index in [9.17, 15) is 9.18 Å². The molecule has 0 aromatic carbocycles. The van der Waals surface area contributed by atoms with Crippen LogP contribution in [0.3, 0.4) is 0 Å². The van der Waals surface area contributed by atoms with Gasteiger partial charge in [-0.1, -0.05) is 0 Å². The lowest BCUT2D eigenvalue weighted by Gasteiger charge is -2.29. The Labute approximate surface area is 104 Å². The Morgan fingerprint density at radius 1 is 1.72 bits per heavy atom. The number of hydrogen-bond acceptors (Lipinski definition) is 4. The lowest BCUT2D eigenvalue weighted by Crippen LogP contribution is -2.41. The Balaban J connectivity index is 2.30. The van der Waals surface area contributed by atoms with Gasteiger partial charge in [-0.2, -0.15) is 0 Å². The van der Waals surface area contributed by atoms with E-state index in [0.29, 0.717) is 13.0 Å². The Morgan fingerprint density at radius 2 is 2.44 bits per heavy atom. The largest absolute Gasteiger partial charge is 0.478 e. The van der Waals surface area contributed by atoms with Gasteiger partial charge in [-0.15, -0.1) is 0 Å². The number of nitrogens with one attached hydrogen (secondary N) is 1. The van der Waals surface area contributed by atoms with E-state index in [1.165, 1.54) is 6.20 Å². The number of aromatic carboxylic acids is 1. The highest BCUT2D eigenvalue weighted by molar-refractivity contribution is 5.88. The van der Waals surface area contributed by atoms with E-state index in [4.69, 9.17) is 9.84 Å². The topological polar surface area (TPSA) is 71.5 Å². The minimum atomic E-state index is -1.31. The molecule has 2 atom stereocenters. The molecule has 1 aliphatic heterocycles. The maximum absolute atomic E-state index is 13.9. The van der Waals surface area contributed by atoms with Crippen LogP contribution in [0.1, 0.15) is 30.6 Å². The number of carboxylic acid groups (broad SMARTS) is 1. The lowest BCUT2D eigenvalue weighted by molar-refractivity contribution is 0.0691. The molecule has 1 fully saturated rings. The second kappa shape index (κ2) is 4.53. The van der Waals surface area contributed by atoms with E-state index in [0.717, 1.165) is 6.07 Å². The first-order valence-electron chi connectivity index (χ1n) is 5.71. The lowest BCUT2D eigenvalue weighted by atomic mass is 9.94. The monoisotopic (exact) mass is 254 g/mol. The number of ether oxygens (including phenoxy) is 1. The quantitative estimate of drug-likeness (QED) is 0.862. The molecule has 0 amide bonds. The molecule has 18 heavy (non-hydrogen) atoms. The first-order valence-corrected chi connectivity index (χ1v) is 5.71. The standard InChI is InChI=1S/C12H15FN2O3/c1-7-12(2,4-6-18-7)15-10-9(13)8(11(16)17)3-5-14-10/h3,5,7H,4,6H2,1-2H3,(H,14,15)(H,16,17). The number of carboxylic acids is 1. The van der Waals surface area contributed by atoms with Crippen molar-refractivity contribution in [2.75, 3.05) is 11.9 Å². The van der Waals surface area contributed by atoms with Crippen molar-refractivity contribution >= 4 is 11.8 Å². The summed E-state index contributed by atoms with van der Waals surface area (Å²) in [5, 5.41) is 11.8. The van der Waals surface area contributed by atoms with Gasteiger partial charge in [0.2, 0.25) is 0 Å². The predicted octanol–water partition coefficient (Wildman–Crippen LogP) is 1.90. The molecule has 0 spiro atoms. The molecule has 2 heterocycles. The second-order valence-corrected chi connectivity index (χ2v) is 4.63. The highest BCUT2D eigenvalue weighted by Gasteiger charge is 2.38. The summed E-state index contributed by atoms with van der Waals surface area (Å²) in [6, 6.07) is 1.14. The van der Waals surface area contributed by atoms with Crippen LogP contribution in [0.4, 0.5) is 10.2 Å². The first kappa shape index (κ1) is 12.8. The summed E-state index contributed by atoms with van der Waals surface area (Å²) >= 11 is 0. The van der Waals surface area contributed by atoms with Crippen LogP contribution in [-0.2, 0) is 4.74 Å². The molecule has 1 aromatic heterocycles. The number of pyridine rings is 1. The van der Waals surface area contributed by atoms with Crippen LogP contribution in [0.25, 0.3) is 0 Å². The molecule has 0 saturated carbocycles. The van der Waals surface area contributed by atoms with E-state index >= 15 is 0 Å². The Morgan fingerprint density at radius 3 is 3.00 bits per heavy atom. The van der Waals surface area contributed by atoms with E-state index in [1.54, 1.807) is 0 Å². The summed E-state index contributed by atoms with van der Waals surface area (Å²) in [4.78, 5) is 14.7. The zero-order valence-corrected chi connectivity index (χ0v) is 10.2. The van der Waals surface area contributed by atoms with Gasteiger partial charge in [0, 0.05) is 12.8 Å². The molecule has 0 bridgehead atoms. The molecule has 6 heteroatoms. The molecule has 5 nitrogen and oxygen atoms in total. The van der Waals surface area contributed by atoms with Crippen molar-refractivity contribution in [1.29, 1.82) is 0 Å². The van der Waals surface area contributed by atoms with Gasteiger partial charge >= 0.3 is 5.97 Å². The fraction of sp³-hybridized carbons (Fsp3) is 0.500. The van der Waals surface area contributed by atoms with E-state index in [1.807, 2.05) is 13.8 Å². The van der Waals surface area contributed by atoms with Crippen molar-refractivity contribution in [3.63, 3.8) is 0 Å². The fourth-order valence-corrected chi connectivity index (χ4v) is 1.97. The fourth-order valence-electron chi connectivity index (χ4n) is 1.97. The molecule has 0 radical (unpaired) electrons. The maximum atomic E-state index is 13.9. The predicted molar refractivity (Wildman–Crippen MR) is 63.2 cm³/mol. The van der Waals surface area contributed by atoms with Crippen LogP contribution in [-0.4, -0.2) is 34.3 Å². The van der Waals surface area contributed by atoms with Gasteiger partial charge in [0.25, 0.3) is 0 Å². The number of hydrogen-bond donors (Lipinski definition) is 2. The average molecular weight is 254 g/mol. The molecular weight excluding hydrogens is 239 g/mol. The summed E-state index contributed by atoms with van der Waals surface area (Å²) in [6.07, 6.45) is 1.90. The van der Waals surface area contributed by atoms with Crippen molar-refractivity contribution in [2.24, 2.45) is 0 Å². The van der Waals surface area contributed by atoms with Gasteiger partial charge in [0.1, 0.15) is 5.56 Å². The van der Waals surface area contributed by atoms with E-state index < -0.39 is 17.3 Å². The molecule has 2 rings (SSSR count). The van der Waals surface area contributed by atoms with Crippen LogP contribution < -0.4 is 5.32 Å². The third-order valence-corrected chi connectivity index (χ3v) is 3.41. The molecule has 1 aliphatic rings. The normalized spacial score (nSPS) is 27.2. The Kier molecular flexibility index (Phi) is 3.21. The highest BCUT2D eigenvalue weighted by atomic mass is 19.1. The third kappa shape index (κ3) is 2.15. The van der Waals surface area contributed by atoms with Gasteiger partial charge in [0.15, 0.2) is 11.6 Å². The van der Waals surface area contributed by atoms with Gasteiger partial charge in [-0.05, 0) is 26.3 Å². The van der Waals surface area contributed by atoms with Gasteiger partial charge in [0.05, 0.1) is 11.6 Å². The minimum Gasteiger partial charge on any atom is -0.478 e. The zero-order valence-electron chi connectivity index (χ0n) is 10.2. The maximum Gasteiger partial charge on any atom is 0.338 e. The molecule has 2 N–H and O–H groups in total. The van der Waals surface area contributed by atoms with Crippen molar-refractivity contribution in [3.8, 4) is 0 Å². The molecule has 98 valence electrons. The minimum absolute atomic E-state index is 0.0465. The molecule has 1 aromatic rings. The van der Waals surface area contributed by atoms with Crippen LogP contribution in [0, 0.1) is 5.82 Å². The molecular formula is C12H15FN2O3. The van der Waals surface area contributed by atoms with Crippen molar-refractivity contribution in [3.05, 3.63) is 23.6 Å². The smallest absolute Gasteiger partial charge is 0.338 e. The number of carbonyl (C=O) groups is 1. The van der Waals surface area contributed by atoms with Gasteiger partial charge < -0.3 is 15.2 Å². The number of aromatic nitrogens is 1. The Hall–Kier alpha value is -1.69. The number of nitrogens with zero attached hydrogens (tertiary/aromatic N) is 1. The molecule has 1 saturated heterocycles.